The Balaban J connectivity index is 2.76. The molecule has 0 aliphatic carbocycles. The minimum atomic E-state index is -0.894. The zero-order valence-corrected chi connectivity index (χ0v) is 10.3. The maximum atomic E-state index is 11.8. The fourth-order valence-electron chi connectivity index (χ4n) is 1.36. The van der Waals surface area contributed by atoms with Crippen molar-refractivity contribution >= 4 is 5.91 Å². The predicted molar refractivity (Wildman–Crippen MR) is 64.4 cm³/mol. The van der Waals surface area contributed by atoms with Crippen LogP contribution in [0, 0.1) is 25.2 Å². The molecule has 0 bridgehead atoms. The van der Waals surface area contributed by atoms with E-state index in [2.05, 4.69) is 5.32 Å². The molecule has 0 aromatic heterocycles. The third-order valence-corrected chi connectivity index (χ3v) is 2.48. The van der Waals surface area contributed by atoms with Crippen molar-refractivity contribution < 1.29 is 9.53 Å². The van der Waals surface area contributed by atoms with Crippen LogP contribution >= 0.6 is 0 Å². The Hall–Kier alpha value is -1.86. The van der Waals surface area contributed by atoms with Crippen LogP contribution in [0.5, 0.6) is 0 Å². The first-order chi connectivity index (χ1) is 8.08. The molecule has 1 N–H and O–H groups in total. The Morgan fingerprint density at radius 3 is 2.71 bits per heavy atom. The molecule has 0 heterocycles. The molecule has 1 unspecified atom stereocenters. The number of hydrogen-bond acceptors (Lipinski definition) is 3. The molecule has 0 aliphatic heterocycles. The number of carbonyl (C=O) groups excluding carboxylic acids is 1. The standard InChI is InChI=1S/C13H16N2O2/c1-4-17-12(8-14)15-13(16)11-6-5-9(2)10(3)7-11/h5-7,12H,4H2,1-3H3,(H,15,16). The molecular formula is C13H16N2O2. The van der Waals surface area contributed by atoms with Crippen LogP contribution in [-0.2, 0) is 4.74 Å². The summed E-state index contributed by atoms with van der Waals surface area (Å²) in [6, 6.07) is 7.29. The summed E-state index contributed by atoms with van der Waals surface area (Å²) in [6.07, 6.45) is -0.894. The Bertz CT molecular complexity index is 449. The molecule has 1 aromatic carbocycles. The van der Waals surface area contributed by atoms with Crippen molar-refractivity contribution in [1.82, 2.24) is 5.32 Å². The zero-order valence-electron chi connectivity index (χ0n) is 10.3. The van der Waals surface area contributed by atoms with Gasteiger partial charge in [0, 0.05) is 12.2 Å². The zero-order chi connectivity index (χ0) is 12.8. The lowest BCUT2D eigenvalue weighted by Gasteiger charge is -2.11. The van der Waals surface area contributed by atoms with Crippen molar-refractivity contribution in [2.75, 3.05) is 6.61 Å². The van der Waals surface area contributed by atoms with Gasteiger partial charge < -0.3 is 10.1 Å². The minimum absolute atomic E-state index is 0.298. The molecule has 0 aliphatic rings. The van der Waals surface area contributed by atoms with E-state index in [0.717, 1.165) is 11.1 Å². The van der Waals surface area contributed by atoms with E-state index in [1.807, 2.05) is 26.0 Å². The number of aryl methyl sites for hydroxylation is 2. The van der Waals surface area contributed by atoms with Gasteiger partial charge in [-0.15, -0.1) is 0 Å². The van der Waals surface area contributed by atoms with E-state index in [0.29, 0.717) is 12.2 Å². The summed E-state index contributed by atoms with van der Waals surface area (Å²) >= 11 is 0. The highest BCUT2D eigenvalue weighted by atomic mass is 16.5. The fourth-order valence-corrected chi connectivity index (χ4v) is 1.36. The third-order valence-electron chi connectivity index (χ3n) is 2.48. The molecule has 1 rings (SSSR count). The van der Waals surface area contributed by atoms with E-state index in [-0.39, 0.29) is 5.91 Å². The summed E-state index contributed by atoms with van der Waals surface area (Å²) in [5.74, 6) is -0.298. The van der Waals surface area contributed by atoms with Gasteiger partial charge in [-0.05, 0) is 44.0 Å². The minimum Gasteiger partial charge on any atom is -0.346 e. The lowest BCUT2D eigenvalue weighted by atomic mass is 10.1. The maximum absolute atomic E-state index is 11.8. The van der Waals surface area contributed by atoms with E-state index in [1.165, 1.54) is 0 Å². The number of nitrogens with zero attached hydrogens (tertiary/aromatic N) is 1. The summed E-state index contributed by atoms with van der Waals surface area (Å²) in [6.45, 7) is 6.07. The van der Waals surface area contributed by atoms with Gasteiger partial charge in [0.05, 0.1) is 0 Å². The van der Waals surface area contributed by atoms with Gasteiger partial charge in [0.2, 0.25) is 6.23 Å². The van der Waals surface area contributed by atoms with Gasteiger partial charge >= 0.3 is 0 Å². The van der Waals surface area contributed by atoms with Crippen LogP contribution in [0.1, 0.15) is 28.4 Å². The number of rotatable bonds is 4. The normalized spacial score (nSPS) is 11.6. The number of nitrogens with one attached hydrogen (secondary N) is 1. The van der Waals surface area contributed by atoms with Gasteiger partial charge in [-0.1, -0.05) is 6.07 Å². The smallest absolute Gasteiger partial charge is 0.254 e. The molecule has 0 saturated carbocycles. The quantitative estimate of drug-likeness (QED) is 0.807. The van der Waals surface area contributed by atoms with Gasteiger partial charge in [0.25, 0.3) is 5.91 Å². The third kappa shape index (κ3) is 3.58. The molecule has 0 spiro atoms. The topological polar surface area (TPSA) is 62.1 Å². The number of carbonyl (C=O) groups is 1. The molecule has 0 saturated heterocycles. The summed E-state index contributed by atoms with van der Waals surface area (Å²) in [5, 5.41) is 11.3. The first-order valence-corrected chi connectivity index (χ1v) is 5.47. The first-order valence-electron chi connectivity index (χ1n) is 5.47. The monoisotopic (exact) mass is 232 g/mol. The number of nitriles is 1. The van der Waals surface area contributed by atoms with Crippen LogP contribution in [0.2, 0.25) is 0 Å². The largest absolute Gasteiger partial charge is 0.346 e. The van der Waals surface area contributed by atoms with E-state index < -0.39 is 6.23 Å². The van der Waals surface area contributed by atoms with Crippen molar-refractivity contribution in [3.05, 3.63) is 34.9 Å². The van der Waals surface area contributed by atoms with Crippen LogP contribution in [0.25, 0.3) is 0 Å². The molecule has 4 heteroatoms. The summed E-state index contributed by atoms with van der Waals surface area (Å²) < 4.78 is 5.04. The summed E-state index contributed by atoms with van der Waals surface area (Å²) in [4.78, 5) is 11.8. The predicted octanol–water partition coefficient (Wildman–Crippen LogP) is 1.92. The van der Waals surface area contributed by atoms with Crippen molar-refractivity contribution in [3.63, 3.8) is 0 Å². The van der Waals surface area contributed by atoms with Crippen LogP contribution in [0.4, 0.5) is 0 Å². The first kappa shape index (κ1) is 13.2. The van der Waals surface area contributed by atoms with Gasteiger partial charge in [-0.25, -0.2) is 0 Å². The molecule has 17 heavy (non-hydrogen) atoms. The van der Waals surface area contributed by atoms with E-state index in [1.54, 1.807) is 19.1 Å². The highest BCUT2D eigenvalue weighted by Gasteiger charge is 2.12. The van der Waals surface area contributed by atoms with Crippen LogP contribution < -0.4 is 5.32 Å². The lowest BCUT2D eigenvalue weighted by molar-refractivity contribution is 0.0615. The van der Waals surface area contributed by atoms with Crippen molar-refractivity contribution in [2.45, 2.75) is 27.0 Å². The number of ether oxygens (including phenoxy) is 1. The number of amides is 1. The maximum Gasteiger partial charge on any atom is 0.254 e. The Morgan fingerprint density at radius 2 is 2.18 bits per heavy atom. The highest BCUT2D eigenvalue weighted by molar-refractivity contribution is 5.94. The lowest BCUT2D eigenvalue weighted by Crippen LogP contribution is -2.35. The second-order valence-electron chi connectivity index (χ2n) is 3.74. The SMILES string of the molecule is CCOC(C#N)NC(=O)c1ccc(C)c(C)c1. The molecule has 1 amide bonds. The molecule has 0 fully saturated rings. The van der Waals surface area contributed by atoms with Crippen LogP contribution in [0.15, 0.2) is 18.2 Å². The van der Waals surface area contributed by atoms with E-state index >= 15 is 0 Å². The Kier molecular flexibility index (Phi) is 4.68. The molecule has 4 nitrogen and oxygen atoms in total. The van der Waals surface area contributed by atoms with Gasteiger partial charge in [-0.2, -0.15) is 5.26 Å². The fraction of sp³-hybridized carbons (Fsp3) is 0.385. The molecule has 90 valence electrons. The average Bonchev–Trinajstić information content (AvgIpc) is 2.31. The van der Waals surface area contributed by atoms with E-state index in [4.69, 9.17) is 10.00 Å². The van der Waals surface area contributed by atoms with Crippen LogP contribution in [-0.4, -0.2) is 18.7 Å². The van der Waals surface area contributed by atoms with Crippen molar-refractivity contribution in [1.29, 1.82) is 5.26 Å². The number of benzene rings is 1. The average molecular weight is 232 g/mol. The van der Waals surface area contributed by atoms with Crippen molar-refractivity contribution in [2.24, 2.45) is 0 Å². The van der Waals surface area contributed by atoms with Crippen LogP contribution in [0.3, 0.4) is 0 Å². The highest BCUT2D eigenvalue weighted by Crippen LogP contribution is 2.09. The second-order valence-corrected chi connectivity index (χ2v) is 3.74. The van der Waals surface area contributed by atoms with Crippen molar-refractivity contribution in [3.8, 4) is 6.07 Å². The van der Waals surface area contributed by atoms with E-state index in [9.17, 15) is 4.79 Å². The Labute approximate surface area is 101 Å². The second kappa shape index (κ2) is 6.02. The summed E-state index contributed by atoms with van der Waals surface area (Å²) in [5.41, 5.74) is 2.71. The van der Waals surface area contributed by atoms with Gasteiger partial charge in [-0.3, -0.25) is 4.79 Å². The molecule has 1 aromatic rings. The number of hydrogen-bond donors (Lipinski definition) is 1. The molecule has 1 atom stereocenters. The Morgan fingerprint density at radius 1 is 1.47 bits per heavy atom. The summed E-state index contributed by atoms with van der Waals surface area (Å²) in [7, 11) is 0. The van der Waals surface area contributed by atoms with Gasteiger partial charge in [0.1, 0.15) is 6.07 Å². The molecular weight excluding hydrogens is 216 g/mol. The van der Waals surface area contributed by atoms with Gasteiger partial charge in [0.15, 0.2) is 0 Å². The molecule has 0 radical (unpaired) electrons.